The molecule has 0 fully saturated rings. The van der Waals surface area contributed by atoms with Crippen molar-refractivity contribution in [2.45, 2.75) is 49.6 Å². The maximum atomic E-state index is 13.5. The Morgan fingerprint density at radius 1 is 1.24 bits per heavy atom. The van der Waals surface area contributed by atoms with Gasteiger partial charge in [0.15, 0.2) is 0 Å². The van der Waals surface area contributed by atoms with Crippen LogP contribution in [0.4, 0.5) is 4.39 Å². The zero-order valence-corrected chi connectivity index (χ0v) is 13.5. The first-order valence-electron chi connectivity index (χ1n) is 7.15. The van der Waals surface area contributed by atoms with Gasteiger partial charge in [-0.3, -0.25) is 0 Å². The van der Waals surface area contributed by atoms with Gasteiger partial charge in [0.25, 0.3) is 0 Å². The minimum absolute atomic E-state index is 0.0540. The highest BCUT2D eigenvalue weighted by Gasteiger charge is 2.11. The molecule has 1 unspecified atom stereocenters. The molecule has 2 rings (SSSR count). The lowest BCUT2D eigenvalue weighted by molar-refractivity contribution is 0.609. The Kier molecular flexibility index (Phi) is 5.37. The molecule has 2 aromatic rings. The van der Waals surface area contributed by atoms with Gasteiger partial charge in [-0.15, -0.1) is 0 Å². The zero-order chi connectivity index (χ0) is 15.4. The molecule has 4 heteroatoms. The Balaban J connectivity index is 2.30. The largest absolute Gasteiger partial charge is 0.327 e. The van der Waals surface area contributed by atoms with Gasteiger partial charge in [-0.25, -0.2) is 9.37 Å². The van der Waals surface area contributed by atoms with Crippen LogP contribution in [0, 0.1) is 19.7 Å². The quantitative estimate of drug-likeness (QED) is 0.896. The van der Waals surface area contributed by atoms with Gasteiger partial charge in [-0.2, -0.15) is 0 Å². The van der Waals surface area contributed by atoms with Gasteiger partial charge in [-0.1, -0.05) is 18.7 Å². The third-order valence-electron chi connectivity index (χ3n) is 3.32. The average molecular weight is 304 g/mol. The normalized spacial score (nSPS) is 12.4. The summed E-state index contributed by atoms with van der Waals surface area (Å²) >= 11 is 1.57. The SMILES string of the molecule is CCC(N)Cc1cc(F)ccc1Sc1cc(C)cc(C)n1. The van der Waals surface area contributed by atoms with Crippen molar-refractivity contribution in [3.63, 3.8) is 0 Å². The smallest absolute Gasteiger partial charge is 0.123 e. The molecule has 112 valence electrons. The molecule has 0 aliphatic rings. The topological polar surface area (TPSA) is 38.9 Å². The highest BCUT2D eigenvalue weighted by atomic mass is 32.2. The van der Waals surface area contributed by atoms with E-state index in [4.69, 9.17) is 5.73 Å². The van der Waals surface area contributed by atoms with Crippen LogP contribution in [0.2, 0.25) is 0 Å². The Bertz CT molecular complexity index is 608. The summed E-state index contributed by atoms with van der Waals surface area (Å²) in [5.74, 6) is -0.217. The molecule has 2 N–H and O–H groups in total. The third kappa shape index (κ3) is 4.55. The van der Waals surface area contributed by atoms with Crippen LogP contribution in [-0.2, 0) is 6.42 Å². The number of benzene rings is 1. The summed E-state index contributed by atoms with van der Waals surface area (Å²) in [5, 5.41) is 0.936. The predicted molar refractivity (Wildman–Crippen MR) is 86.2 cm³/mol. The first kappa shape index (κ1) is 16.0. The maximum absolute atomic E-state index is 13.5. The van der Waals surface area contributed by atoms with Gasteiger partial charge in [-0.05, 0) is 68.1 Å². The molecule has 0 aliphatic carbocycles. The summed E-state index contributed by atoms with van der Waals surface area (Å²) in [7, 11) is 0. The molecule has 1 atom stereocenters. The molecular formula is C17H21FN2S. The lowest BCUT2D eigenvalue weighted by Gasteiger charge is -2.13. The van der Waals surface area contributed by atoms with Gasteiger partial charge in [0.1, 0.15) is 10.8 Å². The van der Waals surface area contributed by atoms with E-state index in [-0.39, 0.29) is 11.9 Å². The molecule has 21 heavy (non-hydrogen) atoms. The van der Waals surface area contributed by atoms with E-state index < -0.39 is 0 Å². The summed E-state index contributed by atoms with van der Waals surface area (Å²) < 4.78 is 13.5. The van der Waals surface area contributed by atoms with Gasteiger partial charge < -0.3 is 5.73 Å². The van der Waals surface area contributed by atoms with E-state index in [0.29, 0.717) is 6.42 Å². The summed E-state index contributed by atoms with van der Waals surface area (Å²) in [6.45, 7) is 6.08. The number of pyridine rings is 1. The van der Waals surface area contributed by atoms with Crippen LogP contribution in [0.1, 0.15) is 30.2 Å². The van der Waals surface area contributed by atoms with Gasteiger partial charge in [0.2, 0.25) is 0 Å². The highest BCUT2D eigenvalue weighted by Crippen LogP contribution is 2.31. The van der Waals surface area contributed by atoms with Crippen molar-refractivity contribution in [2.24, 2.45) is 5.73 Å². The molecule has 0 saturated heterocycles. The summed E-state index contributed by atoms with van der Waals surface area (Å²) in [6.07, 6.45) is 1.56. The molecule has 0 aliphatic heterocycles. The molecule has 1 aromatic heterocycles. The van der Waals surface area contributed by atoms with Crippen molar-refractivity contribution in [1.29, 1.82) is 0 Å². The van der Waals surface area contributed by atoms with E-state index in [0.717, 1.165) is 27.6 Å². The number of rotatable bonds is 5. The summed E-state index contributed by atoms with van der Waals surface area (Å²) in [4.78, 5) is 5.56. The minimum Gasteiger partial charge on any atom is -0.327 e. The van der Waals surface area contributed by atoms with Crippen LogP contribution < -0.4 is 5.73 Å². The van der Waals surface area contributed by atoms with Crippen LogP contribution >= 0.6 is 11.8 Å². The number of aryl methyl sites for hydroxylation is 2. The molecule has 1 heterocycles. The predicted octanol–water partition coefficient (Wildman–Crippen LogP) is 4.27. The van der Waals surface area contributed by atoms with Crippen molar-refractivity contribution in [3.05, 3.63) is 53.0 Å². The molecule has 0 amide bonds. The number of nitrogens with two attached hydrogens (primary N) is 1. The molecular weight excluding hydrogens is 283 g/mol. The van der Waals surface area contributed by atoms with Gasteiger partial charge >= 0.3 is 0 Å². The van der Waals surface area contributed by atoms with E-state index >= 15 is 0 Å². The molecule has 0 spiro atoms. The average Bonchev–Trinajstić information content (AvgIpc) is 2.40. The second kappa shape index (κ2) is 7.05. The maximum Gasteiger partial charge on any atom is 0.123 e. The molecule has 0 saturated carbocycles. The fourth-order valence-electron chi connectivity index (χ4n) is 2.20. The molecule has 2 nitrogen and oxygen atoms in total. The number of hydrogen-bond acceptors (Lipinski definition) is 3. The van der Waals surface area contributed by atoms with E-state index in [1.54, 1.807) is 17.8 Å². The van der Waals surface area contributed by atoms with E-state index in [9.17, 15) is 4.39 Å². The fourth-order valence-corrected chi connectivity index (χ4v) is 3.27. The van der Waals surface area contributed by atoms with Crippen molar-refractivity contribution in [1.82, 2.24) is 4.98 Å². The molecule has 1 aromatic carbocycles. The second-order valence-corrected chi connectivity index (χ2v) is 6.41. The minimum atomic E-state index is -0.217. The van der Waals surface area contributed by atoms with Gasteiger partial charge in [0, 0.05) is 16.6 Å². The first-order chi connectivity index (χ1) is 9.97. The van der Waals surface area contributed by atoms with Crippen molar-refractivity contribution in [2.75, 3.05) is 0 Å². The number of hydrogen-bond donors (Lipinski definition) is 1. The second-order valence-electron chi connectivity index (χ2n) is 5.35. The third-order valence-corrected chi connectivity index (χ3v) is 4.35. The van der Waals surface area contributed by atoms with E-state index in [1.165, 1.54) is 11.6 Å². The van der Waals surface area contributed by atoms with E-state index in [1.807, 2.05) is 32.0 Å². The standard InChI is InChI=1S/C17H21FN2S/c1-4-15(19)10-13-9-14(18)5-6-16(13)21-17-8-11(2)7-12(3)20-17/h5-9,15H,4,10,19H2,1-3H3. The first-order valence-corrected chi connectivity index (χ1v) is 7.96. The Morgan fingerprint density at radius 2 is 2.00 bits per heavy atom. The van der Waals surface area contributed by atoms with Crippen LogP contribution in [0.5, 0.6) is 0 Å². The molecule has 0 radical (unpaired) electrons. The van der Waals surface area contributed by atoms with Crippen LogP contribution in [0.3, 0.4) is 0 Å². The monoisotopic (exact) mass is 304 g/mol. The summed E-state index contributed by atoms with van der Waals surface area (Å²) in [5.41, 5.74) is 9.14. The number of aromatic nitrogens is 1. The van der Waals surface area contributed by atoms with Crippen LogP contribution in [-0.4, -0.2) is 11.0 Å². The van der Waals surface area contributed by atoms with Crippen LogP contribution in [0.15, 0.2) is 40.3 Å². The lowest BCUT2D eigenvalue weighted by atomic mass is 10.0. The van der Waals surface area contributed by atoms with Crippen molar-refractivity contribution >= 4 is 11.8 Å². The van der Waals surface area contributed by atoms with Crippen LogP contribution in [0.25, 0.3) is 0 Å². The van der Waals surface area contributed by atoms with Gasteiger partial charge in [0.05, 0.1) is 0 Å². The van der Waals surface area contributed by atoms with Crippen molar-refractivity contribution in [3.8, 4) is 0 Å². The Hall–Kier alpha value is -1.39. The number of halogens is 1. The fraction of sp³-hybridized carbons (Fsp3) is 0.353. The Labute approximate surface area is 130 Å². The summed E-state index contributed by atoms with van der Waals surface area (Å²) in [6, 6.07) is 9.04. The number of nitrogens with zero attached hydrogens (tertiary/aromatic N) is 1. The molecule has 0 bridgehead atoms. The Morgan fingerprint density at radius 3 is 2.67 bits per heavy atom. The van der Waals surface area contributed by atoms with E-state index in [2.05, 4.69) is 11.9 Å². The van der Waals surface area contributed by atoms with Crippen molar-refractivity contribution < 1.29 is 4.39 Å². The lowest BCUT2D eigenvalue weighted by Crippen LogP contribution is -2.21. The zero-order valence-electron chi connectivity index (χ0n) is 12.7. The highest BCUT2D eigenvalue weighted by molar-refractivity contribution is 7.99.